The van der Waals surface area contributed by atoms with Crippen LogP contribution in [0.1, 0.15) is 0 Å². The zero-order valence-electron chi connectivity index (χ0n) is 7.94. The van der Waals surface area contributed by atoms with Gasteiger partial charge < -0.3 is 9.47 Å². The summed E-state index contributed by atoms with van der Waals surface area (Å²) in [5.41, 5.74) is 0. The van der Waals surface area contributed by atoms with E-state index in [4.69, 9.17) is 9.88 Å². The number of primary sulfonamides is 1. The van der Waals surface area contributed by atoms with E-state index in [0.29, 0.717) is 0 Å². The summed E-state index contributed by atoms with van der Waals surface area (Å²) in [5.74, 6) is -0.746. The van der Waals surface area contributed by atoms with Crippen molar-refractivity contribution in [2.75, 3.05) is 13.9 Å². The number of benzene rings is 1. The molecule has 0 atom stereocenters. The predicted molar refractivity (Wildman–Crippen MR) is 50.3 cm³/mol. The van der Waals surface area contributed by atoms with Gasteiger partial charge in [-0.2, -0.15) is 0 Å². The summed E-state index contributed by atoms with van der Waals surface area (Å²) in [6, 6.07) is 3.04. The van der Waals surface area contributed by atoms with Crippen molar-refractivity contribution in [2.45, 2.75) is 4.90 Å². The number of rotatable bonds is 4. The van der Waals surface area contributed by atoms with Gasteiger partial charge in [0.15, 0.2) is 6.79 Å². The van der Waals surface area contributed by atoms with E-state index in [-0.39, 0.29) is 12.5 Å². The number of nitrogens with two attached hydrogens (primary N) is 1. The van der Waals surface area contributed by atoms with Gasteiger partial charge >= 0.3 is 0 Å². The molecule has 0 saturated heterocycles. The molecule has 7 heteroatoms. The van der Waals surface area contributed by atoms with Gasteiger partial charge in [-0.3, -0.25) is 0 Å². The number of hydrogen-bond donors (Lipinski definition) is 1. The molecule has 0 amide bonds. The lowest BCUT2D eigenvalue weighted by atomic mass is 10.3. The fraction of sp³-hybridized carbons (Fsp3) is 0.250. The molecule has 0 saturated carbocycles. The van der Waals surface area contributed by atoms with Crippen LogP contribution in [-0.2, 0) is 14.8 Å². The van der Waals surface area contributed by atoms with Crippen LogP contribution >= 0.6 is 0 Å². The zero-order valence-corrected chi connectivity index (χ0v) is 8.75. The van der Waals surface area contributed by atoms with Crippen LogP contribution in [0.25, 0.3) is 0 Å². The van der Waals surface area contributed by atoms with E-state index >= 15 is 0 Å². The predicted octanol–water partition coefficient (Wildman–Crippen LogP) is 0.456. The Kier molecular flexibility index (Phi) is 3.61. The lowest BCUT2D eigenvalue weighted by molar-refractivity contribution is 0.0489. The van der Waals surface area contributed by atoms with Gasteiger partial charge in [0.25, 0.3) is 0 Å². The Morgan fingerprint density at radius 3 is 2.67 bits per heavy atom. The quantitative estimate of drug-likeness (QED) is 0.769. The molecule has 1 rings (SSSR count). The minimum atomic E-state index is -4.01. The second-order valence-electron chi connectivity index (χ2n) is 2.69. The first kappa shape index (κ1) is 11.9. The highest BCUT2D eigenvalue weighted by molar-refractivity contribution is 7.89. The van der Waals surface area contributed by atoms with Gasteiger partial charge in [-0.25, -0.2) is 17.9 Å². The molecular formula is C8H10FNO4S. The highest BCUT2D eigenvalue weighted by atomic mass is 32.2. The molecule has 84 valence electrons. The molecule has 1 aromatic rings. The molecule has 0 aliphatic carbocycles. The van der Waals surface area contributed by atoms with E-state index < -0.39 is 20.7 Å². The van der Waals surface area contributed by atoms with Gasteiger partial charge in [0.1, 0.15) is 16.5 Å². The molecule has 0 bridgehead atoms. The largest absolute Gasteiger partial charge is 0.466 e. The van der Waals surface area contributed by atoms with Crippen LogP contribution in [0.3, 0.4) is 0 Å². The van der Waals surface area contributed by atoms with E-state index in [1.807, 2.05) is 0 Å². The summed E-state index contributed by atoms with van der Waals surface area (Å²) in [6.45, 7) is -0.145. The van der Waals surface area contributed by atoms with Crippen molar-refractivity contribution >= 4 is 10.0 Å². The minimum Gasteiger partial charge on any atom is -0.466 e. The van der Waals surface area contributed by atoms with Gasteiger partial charge in [0.05, 0.1) is 0 Å². The molecule has 2 N–H and O–H groups in total. The van der Waals surface area contributed by atoms with Crippen molar-refractivity contribution in [3.05, 3.63) is 24.0 Å². The Morgan fingerprint density at radius 2 is 2.13 bits per heavy atom. The topological polar surface area (TPSA) is 78.6 Å². The van der Waals surface area contributed by atoms with Crippen LogP contribution in [0.5, 0.6) is 5.75 Å². The van der Waals surface area contributed by atoms with Crippen molar-refractivity contribution in [3.8, 4) is 5.75 Å². The van der Waals surface area contributed by atoms with Gasteiger partial charge in [0, 0.05) is 7.11 Å². The average molecular weight is 235 g/mol. The number of halogens is 1. The van der Waals surface area contributed by atoms with E-state index in [0.717, 1.165) is 12.1 Å². The van der Waals surface area contributed by atoms with Gasteiger partial charge in [0.2, 0.25) is 10.0 Å². The highest BCUT2D eigenvalue weighted by Gasteiger charge is 2.16. The number of sulfonamides is 1. The fourth-order valence-corrected chi connectivity index (χ4v) is 1.63. The van der Waals surface area contributed by atoms with Crippen molar-refractivity contribution < 1.29 is 22.3 Å². The molecule has 0 aliphatic heterocycles. The Labute approximate surface area is 86.7 Å². The average Bonchev–Trinajstić information content (AvgIpc) is 2.14. The van der Waals surface area contributed by atoms with E-state index in [1.165, 1.54) is 13.2 Å². The molecular weight excluding hydrogens is 225 g/mol. The molecule has 0 aliphatic rings. The monoisotopic (exact) mass is 235 g/mol. The Morgan fingerprint density at radius 1 is 1.47 bits per heavy atom. The van der Waals surface area contributed by atoms with E-state index in [1.54, 1.807) is 0 Å². The maximum atomic E-state index is 12.8. The highest BCUT2D eigenvalue weighted by Crippen LogP contribution is 2.23. The molecule has 0 unspecified atom stereocenters. The molecule has 0 spiro atoms. The third-order valence-electron chi connectivity index (χ3n) is 1.54. The Bertz CT molecular complexity index is 446. The molecule has 0 fully saturated rings. The van der Waals surface area contributed by atoms with Crippen LogP contribution < -0.4 is 9.88 Å². The summed E-state index contributed by atoms with van der Waals surface area (Å²) < 4.78 is 44.4. The summed E-state index contributed by atoms with van der Waals surface area (Å²) >= 11 is 0. The Hall–Kier alpha value is -1.18. The van der Waals surface area contributed by atoms with Crippen molar-refractivity contribution in [1.29, 1.82) is 0 Å². The smallest absolute Gasteiger partial charge is 0.241 e. The van der Waals surface area contributed by atoms with E-state index in [9.17, 15) is 12.8 Å². The first-order valence-corrected chi connectivity index (χ1v) is 5.44. The third kappa shape index (κ3) is 3.15. The minimum absolute atomic E-state index is 0.0410. The lowest BCUT2D eigenvalue weighted by Crippen LogP contribution is -2.14. The molecule has 15 heavy (non-hydrogen) atoms. The number of ether oxygens (including phenoxy) is 2. The first-order valence-electron chi connectivity index (χ1n) is 3.89. The van der Waals surface area contributed by atoms with Crippen molar-refractivity contribution in [1.82, 2.24) is 0 Å². The van der Waals surface area contributed by atoms with E-state index in [2.05, 4.69) is 4.74 Å². The maximum Gasteiger partial charge on any atom is 0.241 e. The van der Waals surface area contributed by atoms with Crippen LogP contribution in [0.2, 0.25) is 0 Å². The molecule has 5 nitrogen and oxygen atoms in total. The second-order valence-corrected chi connectivity index (χ2v) is 4.22. The fourth-order valence-electron chi connectivity index (χ4n) is 0.946. The maximum absolute atomic E-state index is 12.8. The summed E-state index contributed by atoms with van der Waals surface area (Å²) in [5, 5.41) is 4.88. The van der Waals surface area contributed by atoms with Crippen LogP contribution in [0, 0.1) is 5.82 Å². The molecule has 0 radical (unpaired) electrons. The SMILES string of the molecule is COCOc1ccc(F)cc1S(N)(=O)=O. The second kappa shape index (κ2) is 4.56. The summed E-state index contributed by atoms with van der Waals surface area (Å²) in [6.07, 6.45) is 0. The van der Waals surface area contributed by atoms with Crippen LogP contribution in [0.4, 0.5) is 4.39 Å². The lowest BCUT2D eigenvalue weighted by Gasteiger charge is -2.08. The Balaban J connectivity index is 3.15. The van der Waals surface area contributed by atoms with Crippen LogP contribution in [0.15, 0.2) is 23.1 Å². The van der Waals surface area contributed by atoms with Crippen molar-refractivity contribution in [3.63, 3.8) is 0 Å². The normalized spacial score (nSPS) is 11.4. The third-order valence-corrected chi connectivity index (χ3v) is 2.48. The summed E-state index contributed by atoms with van der Waals surface area (Å²) in [7, 11) is -2.63. The van der Waals surface area contributed by atoms with Crippen molar-refractivity contribution in [2.24, 2.45) is 5.14 Å². The van der Waals surface area contributed by atoms with Gasteiger partial charge in [-0.1, -0.05) is 0 Å². The zero-order chi connectivity index (χ0) is 11.5. The first-order chi connectivity index (χ1) is 6.95. The number of hydrogen-bond acceptors (Lipinski definition) is 4. The molecule has 0 aromatic heterocycles. The van der Waals surface area contributed by atoms with Gasteiger partial charge in [-0.05, 0) is 18.2 Å². The summed E-state index contributed by atoms with van der Waals surface area (Å²) in [4.78, 5) is -0.403. The standard InChI is InChI=1S/C8H10FNO4S/c1-13-5-14-7-3-2-6(9)4-8(7)15(10,11)12/h2-4H,5H2,1H3,(H2,10,11,12). The molecule has 1 aromatic carbocycles. The number of methoxy groups -OCH3 is 1. The molecule has 0 heterocycles. The van der Waals surface area contributed by atoms with Crippen LogP contribution in [-0.4, -0.2) is 22.3 Å². The van der Waals surface area contributed by atoms with Gasteiger partial charge in [-0.15, -0.1) is 0 Å².